The molecule has 9 aromatic rings. The van der Waals surface area contributed by atoms with Gasteiger partial charge in [0, 0.05) is 62.3 Å². The van der Waals surface area contributed by atoms with Crippen molar-refractivity contribution in [2.75, 3.05) is 14.7 Å². The molecule has 14 rings (SSSR count). The summed E-state index contributed by atoms with van der Waals surface area (Å²) in [6.07, 6.45) is 8.75. The first-order valence-electron chi connectivity index (χ1n) is 23.8. The van der Waals surface area contributed by atoms with Gasteiger partial charge >= 0.3 is 6.92 Å². The fourth-order valence-electron chi connectivity index (χ4n) is 11.4. The van der Waals surface area contributed by atoms with E-state index in [1.807, 2.05) is 11.6 Å². The SMILES string of the molecule is Cc1c2c(cc3c1N(c1ccccc1)c1cc(N(c4ccccc4)c4ccccc4)cc4c1B3OC1C=CC=CC41)B1Sc3ccccc3-c3cc(N(c4ccccc4)c4ccccc4)cc(c31)O2. The van der Waals surface area contributed by atoms with Gasteiger partial charge in [0.15, 0.2) is 0 Å². The van der Waals surface area contributed by atoms with E-state index in [9.17, 15) is 0 Å². The molecule has 0 saturated carbocycles. The highest BCUT2D eigenvalue weighted by Crippen LogP contribution is 2.51. The molecule has 0 saturated heterocycles. The van der Waals surface area contributed by atoms with Gasteiger partial charge in [0.2, 0.25) is 0 Å². The Hall–Kier alpha value is -7.90. The molecule has 5 aliphatic rings. The Morgan fingerprint density at radius 1 is 0.522 bits per heavy atom. The Bertz CT molecular complexity index is 3460. The molecular weight excluding hydrogens is 860 g/mol. The van der Waals surface area contributed by atoms with E-state index in [4.69, 9.17) is 9.39 Å². The zero-order valence-electron chi connectivity index (χ0n) is 37.8. The minimum Gasteiger partial charge on any atom is -0.458 e. The van der Waals surface area contributed by atoms with Crippen LogP contribution in [0.25, 0.3) is 11.1 Å². The van der Waals surface area contributed by atoms with Crippen molar-refractivity contribution in [3.8, 4) is 22.6 Å². The predicted octanol–water partition coefficient (Wildman–Crippen LogP) is 13.4. The van der Waals surface area contributed by atoms with E-state index in [2.05, 4.69) is 252 Å². The third-order valence-electron chi connectivity index (χ3n) is 14.4. The number of para-hydroxylation sites is 5. The van der Waals surface area contributed by atoms with E-state index in [0.717, 1.165) is 73.7 Å². The molecule has 1 aliphatic carbocycles. The van der Waals surface area contributed by atoms with Gasteiger partial charge in [-0.05, 0) is 130 Å². The van der Waals surface area contributed by atoms with Crippen LogP contribution in [0.15, 0.2) is 235 Å². The van der Waals surface area contributed by atoms with Crippen LogP contribution in [-0.4, -0.2) is 19.0 Å². The summed E-state index contributed by atoms with van der Waals surface area (Å²) >= 11 is 1.93. The van der Waals surface area contributed by atoms with E-state index < -0.39 is 0 Å². The highest BCUT2D eigenvalue weighted by atomic mass is 32.2. The predicted molar refractivity (Wildman–Crippen MR) is 289 cm³/mol. The lowest BCUT2D eigenvalue weighted by Gasteiger charge is -2.46. The Balaban J connectivity index is 1.01. The normalized spacial score (nSPS) is 16.3. The van der Waals surface area contributed by atoms with Gasteiger partial charge in [0.05, 0.1) is 17.5 Å². The fraction of sp³-hybridized carbons (Fsp3) is 0.0492. The van der Waals surface area contributed by atoms with Crippen molar-refractivity contribution in [1.29, 1.82) is 0 Å². The topological polar surface area (TPSA) is 28.2 Å². The third kappa shape index (κ3) is 6.40. The Labute approximate surface area is 407 Å². The van der Waals surface area contributed by atoms with E-state index in [-0.39, 0.29) is 24.9 Å². The molecule has 2 unspecified atom stereocenters. The van der Waals surface area contributed by atoms with Gasteiger partial charge in [-0.1, -0.05) is 140 Å². The molecule has 0 aromatic heterocycles. The van der Waals surface area contributed by atoms with Crippen molar-refractivity contribution >= 4 is 97.6 Å². The molecule has 9 aromatic carbocycles. The minimum absolute atomic E-state index is 0.0128. The maximum Gasteiger partial charge on any atom is 0.366 e. The number of hydrogen-bond donors (Lipinski definition) is 0. The smallest absolute Gasteiger partial charge is 0.366 e. The van der Waals surface area contributed by atoms with E-state index in [1.165, 1.54) is 38.0 Å². The molecular formula is C61H43B2N3O2S. The van der Waals surface area contributed by atoms with Crippen LogP contribution in [0.2, 0.25) is 0 Å². The van der Waals surface area contributed by atoms with Crippen molar-refractivity contribution in [1.82, 2.24) is 0 Å². The molecule has 4 aliphatic heterocycles. The average Bonchev–Trinajstić information content (AvgIpc) is 3.41. The number of fused-ring (bicyclic) bond motifs is 8. The molecule has 69 heavy (non-hydrogen) atoms. The van der Waals surface area contributed by atoms with Gasteiger partial charge in [-0.25, -0.2) is 0 Å². The number of nitrogens with zero attached hydrogens (tertiary/aromatic N) is 3. The molecule has 2 atom stereocenters. The van der Waals surface area contributed by atoms with Crippen molar-refractivity contribution < 1.29 is 9.39 Å². The van der Waals surface area contributed by atoms with Gasteiger partial charge in [0.1, 0.15) is 11.5 Å². The summed E-state index contributed by atoms with van der Waals surface area (Å²) in [7, 11) is 0. The van der Waals surface area contributed by atoms with Crippen LogP contribution in [0, 0.1) is 6.92 Å². The number of hydrogen-bond acceptors (Lipinski definition) is 6. The summed E-state index contributed by atoms with van der Waals surface area (Å²) in [6.45, 7) is 1.94. The highest BCUT2D eigenvalue weighted by molar-refractivity contribution is 8.28. The summed E-state index contributed by atoms with van der Waals surface area (Å²) < 4.78 is 15.0. The summed E-state index contributed by atoms with van der Waals surface area (Å²) in [5, 5.41) is 0. The maximum absolute atomic E-state index is 7.50. The van der Waals surface area contributed by atoms with E-state index >= 15 is 0 Å². The van der Waals surface area contributed by atoms with Gasteiger partial charge < -0.3 is 24.1 Å². The zero-order chi connectivity index (χ0) is 45.6. The number of anilines is 9. The first kappa shape index (κ1) is 40.2. The Morgan fingerprint density at radius 2 is 1.09 bits per heavy atom. The second kappa shape index (κ2) is 16.1. The summed E-state index contributed by atoms with van der Waals surface area (Å²) in [5.74, 6) is 1.81. The van der Waals surface area contributed by atoms with Crippen molar-refractivity contribution in [2.24, 2.45) is 0 Å². The van der Waals surface area contributed by atoms with Gasteiger partial charge in [-0.3, -0.25) is 0 Å². The van der Waals surface area contributed by atoms with Gasteiger partial charge in [0.25, 0.3) is 5.99 Å². The van der Waals surface area contributed by atoms with Gasteiger partial charge in [-0.2, -0.15) is 11.6 Å². The maximum atomic E-state index is 7.50. The monoisotopic (exact) mass is 903 g/mol. The largest absolute Gasteiger partial charge is 0.458 e. The van der Waals surface area contributed by atoms with Crippen LogP contribution in [-0.2, 0) is 4.65 Å². The number of rotatable bonds is 7. The first-order valence-corrected chi connectivity index (χ1v) is 24.7. The van der Waals surface area contributed by atoms with Crippen LogP contribution < -0.4 is 41.3 Å². The number of ether oxygens (including phenoxy) is 1. The highest BCUT2D eigenvalue weighted by Gasteiger charge is 2.49. The summed E-state index contributed by atoms with van der Waals surface area (Å²) in [5.41, 5.74) is 19.3. The zero-order valence-corrected chi connectivity index (χ0v) is 38.6. The Kier molecular flexibility index (Phi) is 9.39. The molecule has 0 spiro atoms. The van der Waals surface area contributed by atoms with Crippen LogP contribution in [0.5, 0.6) is 11.5 Å². The second-order valence-corrected chi connectivity index (χ2v) is 19.4. The lowest BCUT2D eigenvalue weighted by atomic mass is 9.46. The standard InChI is InChI=1S/C61H43B2N3O2S/c1-40-60-52(39-53-61(40)67-56-38-47(36-51-49-32-18-20-34-57(49)69-63(53)59(51)56)65(43-25-11-4-12-26-43)44-27-13-5-14-28-44)62-58-50(48-31-17-19-33-55(48)68-62)35-46(37-54(58)66(60)45-29-15-6-16-30-45)64(41-21-7-2-8-22-41)42-23-9-3-10-24-42/h2-39,48,55H,1H3. The van der Waals surface area contributed by atoms with Crippen LogP contribution >= 0.6 is 11.6 Å². The van der Waals surface area contributed by atoms with Crippen LogP contribution in [0.3, 0.4) is 0 Å². The van der Waals surface area contributed by atoms with Crippen LogP contribution in [0.4, 0.5) is 51.2 Å². The third-order valence-corrected chi connectivity index (χ3v) is 15.7. The molecule has 0 bridgehead atoms. The first-order chi connectivity index (χ1) is 34.2. The number of benzene rings is 9. The molecule has 0 fully saturated rings. The Morgan fingerprint density at radius 3 is 1.72 bits per heavy atom. The molecule has 0 radical (unpaired) electrons. The molecule has 326 valence electrons. The molecule has 5 nitrogen and oxygen atoms in total. The average molecular weight is 904 g/mol. The summed E-state index contributed by atoms with van der Waals surface area (Å²) in [6, 6.07) is 74.3. The van der Waals surface area contributed by atoms with Crippen molar-refractivity contribution in [3.05, 3.63) is 242 Å². The van der Waals surface area contributed by atoms with Crippen LogP contribution in [0.1, 0.15) is 17.0 Å². The van der Waals surface area contributed by atoms with Gasteiger partial charge in [-0.15, -0.1) is 0 Å². The minimum atomic E-state index is -0.322. The lowest BCUT2D eigenvalue weighted by molar-refractivity contribution is 0.234. The lowest BCUT2D eigenvalue weighted by Crippen LogP contribution is -2.60. The second-order valence-electron chi connectivity index (χ2n) is 18.3. The molecule has 0 N–H and O–H groups in total. The molecule has 4 heterocycles. The summed E-state index contributed by atoms with van der Waals surface area (Å²) in [4.78, 5) is 8.48. The van der Waals surface area contributed by atoms with Crippen molar-refractivity contribution in [2.45, 2.75) is 23.8 Å². The quantitative estimate of drug-likeness (QED) is 0.148. The molecule has 0 amide bonds. The van der Waals surface area contributed by atoms with E-state index in [1.54, 1.807) is 0 Å². The number of allylic oxidation sites excluding steroid dienone is 2. The van der Waals surface area contributed by atoms with E-state index in [0.29, 0.717) is 0 Å². The fourth-order valence-corrected chi connectivity index (χ4v) is 12.8. The van der Waals surface area contributed by atoms with Crippen molar-refractivity contribution in [3.63, 3.8) is 0 Å². The molecule has 8 heteroatoms.